The molecular weight excluding hydrogens is 268 g/mol. The Kier molecular flexibility index (Phi) is 3.72. The predicted molar refractivity (Wildman–Crippen MR) is 82.3 cm³/mol. The molecule has 0 amide bonds. The Balaban J connectivity index is 1.88. The van der Waals surface area contributed by atoms with Crippen molar-refractivity contribution in [3.05, 3.63) is 59.2 Å². The van der Waals surface area contributed by atoms with Crippen LogP contribution in [0.5, 0.6) is 5.75 Å². The average molecular weight is 286 g/mol. The molecule has 1 aliphatic heterocycles. The van der Waals surface area contributed by atoms with E-state index in [-0.39, 0.29) is 6.10 Å². The van der Waals surface area contributed by atoms with Gasteiger partial charge in [-0.1, -0.05) is 23.8 Å². The Labute approximate surface area is 123 Å². The van der Waals surface area contributed by atoms with Gasteiger partial charge in [-0.25, -0.2) is 0 Å². The zero-order valence-electron chi connectivity index (χ0n) is 11.7. The van der Waals surface area contributed by atoms with Crippen LogP contribution in [-0.2, 0) is 0 Å². The number of benzene rings is 2. The number of aryl methyl sites for hydroxylation is 1. The fraction of sp³-hybridized carbons (Fsp3) is 0.294. The van der Waals surface area contributed by atoms with E-state index in [1.165, 1.54) is 4.90 Å². The van der Waals surface area contributed by atoms with E-state index in [1.54, 1.807) is 11.8 Å². The summed E-state index contributed by atoms with van der Waals surface area (Å²) in [7, 11) is 0. The van der Waals surface area contributed by atoms with Gasteiger partial charge >= 0.3 is 0 Å². The quantitative estimate of drug-likeness (QED) is 0.836. The first-order valence-electron chi connectivity index (χ1n) is 6.76. The maximum atomic E-state index is 10.3. The van der Waals surface area contributed by atoms with Crippen molar-refractivity contribution in [3.63, 3.8) is 0 Å². The molecule has 1 aliphatic rings. The molecule has 0 fully saturated rings. The van der Waals surface area contributed by atoms with Crippen LogP contribution in [0.4, 0.5) is 0 Å². The van der Waals surface area contributed by atoms with E-state index in [4.69, 9.17) is 4.74 Å². The Hall–Kier alpha value is -1.45. The molecule has 0 saturated carbocycles. The van der Waals surface area contributed by atoms with Crippen LogP contribution in [0.15, 0.2) is 47.4 Å². The van der Waals surface area contributed by atoms with E-state index >= 15 is 0 Å². The fourth-order valence-electron chi connectivity index (χ4n) is 2.59. The van der Waals surface area contributed by atoms with Crippen molar-refractivity contribution in [2.24, 2.45) is 0 Å². The molecular formula is C17H18O2S. The molecule has 2 aromatic rings. The van der Waals surface area contributed by atoms with Crippen LogP contribution in [0, 0.1) is 6.92 Å². The van der Waals surface area contributed by atoms with E-state index in [1.807, 2.05) is 25.1 Å². The zero-order valence-corrected chi connectivity index (χ0v) is 12.5. The van der Waals surface area contributed by atoms with E-state index in [0.29, 0.717) is 6.42 Å². The second-order valence-electron chi connectivity index (χ2n) is 5.17. The van der Waals surface area contributed by atoms with Gasteiger partial charge in [0.25, 0.3) is 0 Å². The van der Waals surface area contributed by atoms with E-state index in [0.717, 1.165) is 22.4 Å². The highest BCUT2D eigenvalue weighted by Gasteiger charge is 2.27. The van der Waals surface area contributed by atoms with Gasteiger partial charge in [-0.15, -0.1) is 11.8 Å². The van der Waals surface area contributed by atoms with Crippen LogP contribution in [-0.4, -0.2) is 11.4 Å². The summed E-state index contributed by atoms with van der Waals surface area (Å²) in [5.41, 5.74) is 3.17. The first-order chi connectivity index (χ1) is 9.67. The van der Waals surface area contributed by atoms with E-state index in [9.17, 15) is 5.11 Å². The summed E-state index contributed by atoms with van der Waals surface area (Å²) in [4.78, 5) is 1.24. The van der Waals surface area contributed by atoms with Crippen LogP contribution >= 0.6 is 11.8 Å². The van der Waals surface area contributed by atoms with Gasteiger partial charge in [0.2, 0.25) is 0 Å². The Bertz CT molecular complexity index is 607. The molecule has 2 atom stereocenters. The highest BCUT2D eigenvalue weighted by molar-refractivity contribution is 7.98. The van der Waals surface area contributed by atoms with E-state index < -0.39 is 6.10 Å². The van der Waals surface area contributed by atoms with Crippen molar-refractivity contribution in [1.29, 1.82) is 0 Å². The lowest BCUT2D eigenvalue weighted by Crippen LogP contribution is -2.19. The van der Waals surface area contributed by atoms with Crippen molar-refractivity contribution >= 4 is 11.8 Å². The van der Waals surface area contributed by atoms with Gasteiger partial charge in [0.1, 0.15) is 11.9 Å². The minimum Gasteiger partial charge on any atom is -0.485 e. The lowest BCUT2D eigenvalue weighted by molar-refractivity contribution is 0.0656. The van der Waals surface area contributed by atoms with Crippen LogP contribution in [0.1, 0.15) is 35.3 Å². The standard InChI is InChI=1S/C17H18O2S/c1-11-3-8-16-14(9-11)15(18)10-17(19-16)12-4-6-13(20-2)7-5-12/h3-9,15,17-18H,10H2,1-2H3/t15-,17?/m1/s1. The van der Waals surface area contributed by atoms with Crippen LogP contribution < -0.4 is 4.74 Å². The van der Waals surface area contributed by atoms with Crippen molar-refractivity contribution in [1.82, 2.24) is 0 Å². The van der Waals surface area contributed by atoms with Crippen molar-refractivity contribution in [3.8, 4) is 5.75 Å². The predicted octanol–water partition coefficient (Wildman–Crippen LogP) is 4.27. The number of ether oxygens (including phenoxy) is 1. The van der Waals surface area contributed by atoms with Crippen molar-refractivity contribution in [2.45, 2.75) is 30.4 Å². The molecule has 2 aromatic carbocycles. The summed E-state index contributed by atoms with van der Waals surface area (Å²) >= 11 is 1.72. The second-order valence-corrected chi connectivity index (χ2v) is 6.05. The Morgan fingerprint density at radius 2 is 1.90 bits per heavy atom. The number of thioether (sulfide) groups is 1. The number of aliphatic hydroxyl groups excluding tert-OH is 1. The summed E-state index contributed by atoms with van der Waals surface area (Å²) < 4.78 is 6.05. The van der Waals surface area contributed by atoms with Gasteiger partial charge in [0.15, 0.2) is 0 Å². The Morgan fingerprint density at radius 3 is 2.60 bits per heavy atom. The monoisotopic (exact) mass is 286 g/mol. The molecule has 0 saturated heterocycles. The maximum absolute atomic E-state index is 10.3. The van der Waals surface area contributed by atoms with Gasteiger partial charge in [0, 0.05) is 16.9 Å². The molecule has 1 unspecified atom stereocenters. The third kappa shape index (κ3) is 2.56. The molecule has 0 aromatic heterocycles. The fourth-order valence-corrected chi connectivity index (χ4v) is 3.00. The van der Waals surface area contributed by atoms with Gasteiger partial charge in [0.05, 0.1) is 6.10 Å². The SMILES string of the molecule is CSc1ccc(C2C[C@@H](O)c3cc(C)ccc3O2)cc1. The molecule has 0 bridgehead atoms. The Morgan fingerprint density at radius 1 is 1.15 bits per heavy atom. The normalized spacial score (nSPS) is 21.1. The topological polar surface area (TPSA) is 29.5 Å². The minimum atomic E-state index is -0.455. The summed E-state index contributed by atoms with van der Waals surface area (Å²) in [6.07, 6.45) is 2.14. The molecule has 104 valence electrons. The zero-order chi connectivity index (χ0) is 14.1. The van der Waals surface area contributed by atoms with E-state index in [2.05, 4.69) is 30.5 Å². The lowest BCUT2D eigenvalue weighted by atomic mass is 9.94. The number of hydrogen-bond donors (Lipinski definition) is 1. The summed E-state index contributed by atoms with van der Waals surface area (Å²) in [5, 5.41) is 10.3. The number of rotatable bonds is 2. The first kappa shape index (κ1) is 13.5. The van der Waals surface area contributed by atoms with Crippen LogP contribution in [0.2, 0.25) is 0 Å². The molecule has 3 rings (SSSR count). The van der Waals surface area contributed by atoms with Gasteiger partial charge in [-0.3, -0.25) is 0 Å². The molecule has 0 radical (unpaired) electrons. The highest BCUT2D eigenvalue weighted by Crippen LogP contribution is 2.41. The van der Waals surface area contributed by atoms with Gasteiger partial charge in [-0.05, 0) is 43.0 Å². The molecule has 1 heterocycles. The second kappa shape index (κ2) is 5.51. The molecule has 0 spiro atoms. The smallest absolute Gasteiger partial charge is 0.127 e. The van der Waals surface area contributed by atoms with Crippen molar-refractivity contribution in [2.75, 3.05) is 6.26 Å². The number of fused-ring (bicyclic) bond motifs is 1. The summed E-state index contributed by atoms with van der Waals surface area (Å²) in [6, 6.07) is 14.3. The molecule has 2 nitrogen and oxygen atoms in total. The lowest BCUT2D eigenvalue weighted by Gasteiger charge is -2.30. The van der Waals surface area contributed by atoms with Crippen molar-refractivity contribution < 1.29 is 9.84 Å². The van der Waals surface area contributed by atoms with Crippen LogP contribution in [0.25, 0.3) is 0 Å². The minimum absolute atomic E-state index is 0.0730. The summed E-state index contributed by atoms with van der Waals surface area (Å²) in [5.74, 6) is 0.799. The average Bonchev–Trinajstić information content (AvgIpc) is 2.48. The largest absolute Gasteiger partial charge is 0.485 e. The molecule has 3 heteroatoms. The molecule has 0 aliphatic carbocycles. The summed E-state index contributed by atoms with van der Waals surface area (Å²) in [6.45, 7) is 2.03. The van der Waals surface area contributed by atoms with Gasteiger partial charge < -0.3 is 9.84 Å². The van der Waals surface area contributed by atoms with Gasteiger partial charge in [-0.2, -0.15) is 0 Å². The molecule has 1 N–H and O–H groups in total. The number of hydrogen-bond acceptors (Lipinski definition) is 3. The highest BCUT2D eigenvalue weighted by atomic mass is 32.2. The molecule has 20 heavy (non-hydrogen) atoms. The number of aliphatic hydroxyl groups is 1. The first-order valence-corrected chi connectivity index (χ1v) is 7.99. The third-order valence-electron chi connectivity index (χ3n) is 3.72. The maximum Gasteiger partial charge on any atom is 0.127 e. The third-order valence-corrected chi connectivity index (χ3v) is 4.46. The van der Waals surface area contributed by atoms with Crippen LogP contribution in [0.3, 0.4) is 0 Å².